The van der Waals surface area contributed by atoms with Crippen LogP contribution in [0.1, 0.15) is 87.5 Å². The summed E-state index contributed by atoms with van der Waals surface area (Å²) in [4.78, 5) is 45.6. The molecular weight excluding hydrogens is 543 g/mol. The van der Waals surface area contributed by atoms with Gasteiger partial charge in [0.1, 0.15) is 26.4 Å². The predicted octanol–water partition coefficient (Wildman–Crippen LogP) is 6.20. The van der Waals surface area contributed by atoms with E-state index in [2.05, 4.69) is 13.2 Å². The molecule has 40 heavy (non-hydrogen) atoms. The summed E-state index contributed by atoms with van der Waals surface area (Å²) in [5.74, 6) is -1.81. The van der Waals surface area contributed by atoms with Crippen LogP contribution in [0.25, 0.3) is 0 Å². The van der Waals surface area contributed by atoms with Crippen LogP contribution in [0.15, 0.2) is 24.3 Å². The summed E-state index contributed by atoms with van der Waals surface area (Å²) in [5.41, 5.74) is 0.563. The highest BCUT2D eigenvalue weighted by Gasteiger charge is 2.16. The van der Waals surface area contributed by atoms with Gasteiger partial charge in [0.2, 0.25) is 0 Å². The van der Waals surface area contributed by atoms with Gasteiger partial charge in [0.25, 0.3) is 0 Å². The third-order valence-electron chi connectivity index (χ3n) is 4.56. The molecule has 0 amide bonds. The molecule has 0 heterocycles. The van der Waals surface area contributed by atoms with E-state index in [-0.39, 0.29) is 97.8 Å². The lowest BCUT2D eigenvalue weighted by Gasteiger charge is -2.14. The Kier molecular flexibility index (Phi) is 29.7. The molecule has 236 valence electrons. The number of unbranched alkanes of at least 4 members (excludes halogenated alkanes) is 4. The molecule has 0 aromatic rings. The summed E-state index contributed by atoms with van der Waals surface area (Å²) in [6.07, 6.45) is 4.22. The molecule has 0 N–H and O–H groups in total. The van der Waals surface area contributed by atoms with Crippen molar-refractivity contribution in [1.82, 2.24) is 0 Å². The van der Waals surface area contributed by atoms with Crippen molar-refractivity contribution in [2.75, 3.05) is 46.3 Å². The summed E-state index contributed by atoms with van der Waals surface area (Å²) < 4.78 is 42.6. The Morgan fingerprint density at radius 2 is 0.875 bits per heavy atom. The van der Waals surface area contributed by atoms with Gasteiger partial charge in [0, 0.05) is 30.7 Å². The first-order chi connectivity index (χ1) is 17.4. The fraction of sp³-hybridized carbons (Fsp3) is 0.714. The van der Waals surface area contributed by atoms with Crippen molar-refractivity contribution in [3.63, 3.8) is 0 Å². The number of esters is 4. The van der Waals surface area contributed by atoms with Gasteiger partial charge in [-0.25, -0.2) is 9.59 Å². The van der Waals surface area contributed by atoms with Crippen LogP contribution in [0.5, 0.6) is 0 Å². The average Bonchev–Trinajstić information content (AvgIpc) is 2.83. The van der Waals surface area contributed by atoms with Crippen molar-refractivity contribution in [2.45, 2.75) is 87.5 Å². The van der Waals surface area contributed by atoms with E-state index in [4.69, 9.17) is 28.0 Å². The second-order valence-corrected chi connectivity index (χ2v) is 10.4. The second-order valence-electron chi connectivity index (χ2n) is 8.33. The number of carbonyl (C=O) groups is 4. The molecule has 12 heteroatoms. The van der Waals surface area contributed by atoms with E-state index in [9.17, 15) is 23.7 Å². The van der Waals surface area contributed by atoms with Crippen LogP contribution in [-0.2, 0) is 51.7 Å². The predicted molar refractivity (Wildman–Crippen MR) is 156 cm³/mol. The molecule has 0 fully saturated rings. The van der Waals surface area contributed by atoms with Crippen LogP contribution < -0.4 is 0 Å². The molecule has 0 bridgehead atoms. The maximum absolute atomic E-state index is 12.3. The molecule has 11 nitrogen and oxygen atoms in total. The minimum absolute atomic E-state index is 0. The van der Waals surface area contributed by atoms with Gasteiger partial charge in [0.05, 0.1) is 13.2 Å². The lowest BCUT2D eigenvalue weighted by molar-refractivity contribution is -0.150. The Morgan fingerprint density at radius 3 is 1.20 bits per heavy atom. The standard InChI is InChI=1S/C25H41O11P.3CH4/c1-20(2)24(28)33-18-16-31-22(26)12-8-6-10-14-35-37(5,30)36-15-11-7-9-13-23(27)32-17-19-34-25(29)21(3)4;;;/h1,3,6-19H2,2,4-5H3;3*1H4. The summed E-state index contributed by atoms with van der Waals surface area (Å²) >= 11 is 0. The maximum atomic E-state index is 12.3. The number of hydrogen-bond donors (Lipinski definition) is 0. The molecule has 0 aliphatic rings. The fourth-order valence-corrected chi connectivity index (χ4v) is 3.56. The molecule has 0 saturated carbocycles. The maximum Gasteiger partial charge on any atom is 0.333 e. The van der Waals surface area contributed by atoms with Gasteiger partial charge in [-0.1, -0.05) is 48.3 Å². The SMILES string of the molecule is C.C.C.C=C(C)C(=O)OCCOC(=O)CCCCCOP(C)(=O)OCCCCCC(=O)OCCOC(=O)C(=C)C. The van der Waals surface area contributed by atoms with Crippen LogP contribution >= 0.6 is 7.60 Å². The van der Waals surface area contributed by atoms with E-state index >= 15 is 0 Å². The van der Waals surface area contributed by atoms with E-state index in [0.29, 0.717) is 38.5 Å². The summed E-state index contributed by atoms with van der Waals surface area (Å²) in [7, 11) is -3.17. The lowest BCUT2D eigenvalue weighted by Crippen LogP contribution is -2.14. The molecule has 0 spiro atoms. The zero-order valence-corrected chi connectivity index (χ0v) is 23.1. The average molecular weight is 597 g/mol. The minimum Gasteiger partial charge on any atom is -0.462 e. The van der Waals surface area contributed by atoms with E-state index in [1.54, 1.807) is 0 Å². The van der Waals surface area contributed by atoms with Crippen LogP contribution in [0.2, 0.25) is 0 Å². The molecule has 0 aliphatic heterocycles. The smallest absolute Gasteiger partial charge is 0.333 e. The highest BCUT2D eigenvalue weighted by atomic mass is 31.2. The molecule has 0 radical (unpaired) electrons. The van der Waals surface area contributed by atoms with E-state index < -0.39 is 19.5 Å². The molecule has 0 aromatic heterocycles. The molecular formula is C28H53O11P. The normalized spacial score (nSPS) is 10.1. The number of hydrogen-bond acceptors (Lipinski definition) is 11. The molecule has 0 rings (SSSR count). The third kappa shape index (κ3) is 27.1. The Hall–Kier alpha value is -2.49. The number of carbonyl (C=O) groups excluding carboxylic acids is 4. The zero-order chi connectivity index (χ0) is 28.1. The Morgan fingerprint density at radius 1 is 0.550 bits per heavy atom. The highest BCUT2D eigenvalue weighted by molar-refractivity contribution is 7.52. The second kappa shape index (κ2) is 26.7. The van der Waals surface area contributed by atoms with Gasteiger partial charge in [-0.15, -0.1) is 0 Å². The lowest BCUT2D eigenvalue weighted by atomic mass is 10.2. The van der Waals surface area contributed by atoms with Gasteiger partial charge in [-0.3, -0.25) is 14.2 Å². The Balaban J connectivity index is -0.00000216. The van der Waals surface area contributed by atoms with E-state index in [1.165, 1.54) is 20.5 Å². The Bertz CT molecular complexity index is 746. The number of rotatable bonds is 22. The van der Waals surface area contributed by atoms with Crippen LogP contribution in [0.3, 0.4) is 0 Å². The van der Waals surface area contributed by atoms with Gasteiger partial charge in [-0.05, 0) is 39.5 Å². The monoisotopic (exact) mass is 596 g/mol. The molecule has 0 atom stereocenters. The Labute approximate surface area is 241 Å². The molecule has 0 saturated heterocycles. The van der Waals surface area contributed by atoms with Crippen molar-refractivity contribution >= 4 is 31.5 Å². The first-order valence-corrected chi connectivity index (χ1v) is 14.3. The molecule has 0 aromatic carbocycles. The zero-order valence-electron chi connectivity index (χ0n) is 22.3. The van der Waals surface area contributed by atoms with E-state index in [0.717, 1.165) is 0 Å². The largest absolute Gasteiger partial charge is 0.462 e. The van der Waals surface area contributed by atoms with Gasteiger partial charge >= 0.3 is 31.5 Å². The van der Waals surface area contributed by atoms with Crippen molar-refractivity contribution in [3.05, 3.63) is 24.3 Å². The third-order valence-corrected chi connectivity index (χ3v) is 5.86. The first kappa shape index (κ1) is 44.5. The van der Waals surface area contributed by atoms with E-state index in [1.807, 2.05) is 0 Å². The van der Waals surface area contributed by atoms with Crippen LogP contribution in [-0.4, -0.2) is 70.2 Å². The van der Waals surface area contributed by atoms with Crippen LogP contribution in [0, 0.1) is 0 Å². The first-order valence-electron chi connectivity index (χ1n) is 12.3. The van der Waals surface area contributed by atoms with Crippen molar-refractivity contribution in [1.29, 1.82) is 0 Å². The summed E-state index contributed by atoms with van der Waals surface area (Å²) in [6.45, 7) is 11.8. The summed E-state index contributed by atoms with van der Waals surface area (Å²) in [5, 5.41) is 0. The quantitative estimate of drug-likeness (QED) is 0.0464. The number of ether oxygens (including phenoxy) is 4. The molecule has 0 unspecified atom stereocenters. The van der Waals surface area contributed by atoms with Gasteiger partial charge in [0.15, 0.2) is 0 Å². The van der Waals surface area contributed by atoms with Gasteiger partial charge < -0.3 is 28.0 Å². The minimum atomic E-state index is -3.17. The van der Waals surface area contributed by atoms with Crippen LogP contribution in [0.4, 0.5) is 0 Å². The van der Waals surface area contributed by atoms with Crippen molar-refractivity contribution in [3.8, 4) is 0 Å². The topological polar surface area (TPSA) is 141 Å². The van der Waals surface area contributed by atoms with Crippen molar-refractivity contribution in [2.24, 2.45) is 0 Å². The summed E-state index contributed by atoms with van der Waals surface area (Å²) in [6, 6.07) is 0. The van der Waals surface area contributed by atoms with Crippen molar-refractivity contribution < 1.29 is 51.7 Å². The molecule has 0 aliphatic carbocycles. The van der Waals surface area contributed by atoms with Gasteiger partial charge in [-0.2, -0.15) is 0 Å². The highest BCUT2D eigenvalue weighted by Crippen LogP contribution is 2.44. The fourth-order valence-electron chi connectivity index (χ4n) is 2.56.